The fourth-order valence-corrected chi connectivity index (χ4v) is 2.77. The minimum atomic E-state index is -4.10. The Morgan fingerprint density at radius 2 is 1.75 bits per heavy atom. The number of nitrogens with one attached hydrogen (secondary N) is 1. The van der Waals surface area contributed by atoms with E-state index in [1.807, 2.05) is 0 Å². The van der Waals surface area contributed by atoms with E-state index in [2.05, 4.69) is 10.5 Å². The van der Waals surface area contributed by atoms with Gasteiger partial charge in [0.1, 0.15) is 6.07 Å². The molecule has 0 unspecified atom stereocenters. The predicted molar refractivity (Wildman–Crippen MR) is 88.4 cm³/mol. The first-order chi connectivity index (χ1) is 11.3. The Labute approximate surface area is 142 Å². The van der Waals surface area contributed by atoms with Crippen LogP contribution in [0.5, 0.6) is 0 Å². The third kappa shape index (κ3) is 3.87. The number of non-ortho nitro benzene ring substituents is 1. The maximum atomic E-state index is 12.3. The van der Waals surface area contributed by atoms with Crippen LogP contribution in [0.1, 0.15) is 0 Å². The Morgan fingerprint density at radius 3 is 2.25 bits per heavy atom. The molecule has 0 saturated carbocycles. The molecular formula is C14H9ClN4O4S. The highest BCUT2D eigenvalue weighted by molar-refractivity contribution is 8.07. The molecule has 2 aromatic carbocycles. The maximum Gasteiger partial charge on any atom is 0.269 e. The van der Waals surface area contributed by atoms with E-state index in [9.17, 15) is 18.5 Å². The maximum absolute atomic E-state index is 12.3. The Kier molecular flexibility index (Phi) is 5.13. The van der Waals surface area contributed by atoms with Crippen molar-refractivity contribution in [3.05, 3.63) is 63.7 Å². The van der Waals surface area contributed by atoms with Crippen molar-refractivity contribution in [3.8, 4) is 6.07 Å². The molecule has 1 N–H and O–H groups in total. The number of benzene rings is 2. The minimum Gasteiger partial charge on any atom is -0.277 e. The van der Waals surface area contributed by atoms with E-state index in [-0.39, 0.29) is 10.6 Å². The first-order valence-electron chi connectivity index (χ1n) is 6.33. The van der Waals surface area contributed by atoms with Crippen LogP contribution in [0.4, 0.5) is 11.4 Å². The average Bonchev–Trinajstić information content (AvgIpc) is 2.56. The molecule has 0 aliphatic heterocycles. The molecule has 122 valence electrons. The van der Waals surface area contributed by atoms with E-state index in [0.717, 1.165) is 0 Å². The number of sulfone groups is 1. The number of hydrogen-bond acceptors (Lipinski definition) is 7. The van der Waals surface area contributed by atoms with Crippen LogP contribution in [0.25, 0.3) is 0 Å². The summed E-state index contributed by atoms with van der Waals surface area (Å²) < 4.78 is 24.6. The summed E-state index contributed by atoms with van der Waals surface area (Å²) in [7, 11) is -4.10. The van der Waals surface area contributed by atoms with Crippen molar-refractivity contribution in [1.82, 2.24) is 0 Å². The largest absolute Gasteiger partial charge is 0.277 e. The van der Waals surface area contributed by atoms with Crippen LogP contribution in [0, 0.1) is 21.4 Å². The molecule has 0 aliphatic rings. The fraction of sp³-hybridized carbons (Fsp3) is 0. The van der Waals surface area contributed by atoms with Gasteiger partial charge in [-0.3, -0.25) is 15.5 Å². The topological polar surface area (TPSA) is 125 Å². The molecular weight excluding hydrogens is 356 g/mol. The van der Waals surface area contributed by atoms with Crippen LogP contribution in [0.2, 0.25) is 5.02 Å². The number of nitro groups is 1. The number of nitriles is 1. The van der Waals surface area contributed by atoms with E-state index in [1.165, 1.54) is 54.6 Å². The number of hydrogen-bond donors (Lipinski definition) is 1. The van der Waals surface area contributed by atoms with Crippen LogP contribution in [0.3, 0.4) is 0 Å². The van der Waals surface area contributed by atoms with Crippen LogP contribution in [0.15, 0.2) is 58.5 Å². The standard InChI is InChI=1S/C14H9ClN4O4S/c15-10-1-7-13(8-2-10)24(22,23)14(9-16)18-17-11-3-5-12(6-4-11)19(20)21/h1-8,17H/b18-14+. The van der Waals surface area contributed by atoms with Crippen molar-refractivity contribution in [3.63, 3.8) is 0 Å². The average molecular weight is 365 g/mol. The molecule has 0 atom stereocenters. The first-order valence-corrected chi connectivity index (χ1v) is 8.19. The molecule has 0 saturated heterocycles. The summed E-state index contributed by atoms with van der Waals surface area (Å²) in [4.78, 5) is 9.86. The Balaban J connectivity index is 2.27. The summed E-state index contributed by atoms with van der Waals surface area (Å²) in [5.41, 5.74) is 2.55. The van der Waals surface area contributed by atoms with Crippen molar-refractivity contribution in [1.29, 1.82) is 5.26 Å². The number of halogens is 1. The van der Waals surface area contributed by atoms with Gasteiger partial charge in [0, 0.05) is 17.2 Å². The number of hydrazone groups is 1. The predicted octanol–water partition coefficient (Wildman–Crippen LogP) is 2.97. The molecule has 2 rings (SSSR count). The van der Waals surface area contributed by atoms with Gasteiger partial charge in [-0.1, -0.05) is 11.6 Å². The Bertz CT molecular complexity index is 932. The molecule has 0 aliphatic carbocycles. The van der Waals surface area contributed by atoms with E-state index in [1.54, 1.807) is 0 Å². The quantitative estimate of drug-likeness (QED) is 0.384. The van der Waals surface area contributed by atoms with E-state index < -0.39 is 19.8 Å². The summed E-state index contributed by atoms with van der Waals surface area (Å²) in [5, 5.41) is 22.8. The summed E-state index contributed by atoms with van der Waals surface area (Å²) in [6, 6.07) is 11.9. The molecule has 2 aromatic rings. The molecule has 0 fully saturated rings. The van der Waals surface area contributed by atoms with Crippen LogP contribution in [-0.4, -0.2) is 18.4 Å². The van der Waals surface area contributed by atoms with Crippen LogP contribution >= 0.6 is 11.6 Å². The molecule has 8 nitrogen and oxygen atoms in total. The Morgan fingerprint density at radius 1 is 1.17 bits per heavy atom. The Hall–Kier alpha value is -2.96. The molecule has 0 aromatic heterocycles. The summed E-state index contributed by atoms with van der Waals surface area (Å²) in [6.07, 6.45) is 0. The molecule has 0 spiro atoms. The molecule has 0 bridgehead atoms. The van der Waals surface area contributed by atoms with Crippen molar-refractivity contribution in [2.75, 3.05) is 5.43 Å². The van der Waals surface area contributed by atoms with Crippen LogP contribution in [-0.2, 0) is 9.84 Å². The fourth-order valence-electron chi connectivity index (χ4n) is 1.64. The number of rotatable bonds is 4. The van der Waals surface area contributed by atoms with Gasteiger partial charge in [-0.2, -0.15) is 10.4 Å². The van der Waals surface area contributed by atoms with Gasteiger partial charge in [-0.15, -0.1) is 0 Å². The third-order valence-corrected chi connectivity index (χ3v) is 4.68. The normalized spacial score (nSPS) is 11.6. The lowest BCUT2D eigenvalue weighted by Gasteiger charge is -2.04. The highest BCUT2D eigenvalue weighted by Gasteiger charge is 2.22. The van der Waals surface area contributed by atoms with Crippen LogP contribution < -0.4 is 5.43 Å². The summed E-state index contributed by atoms with van der Waals surface area (Å²) >= 11 is 5.70. The number of nitro benzene ring substituents is 1. The van der Waals surface area contributed by atoms with Gasteiger partial charge in [0.25, 0.3) is 10.7 Å². The lowest BCUT2D eigenvalue weighted by molar-refractivity contribution is -0.384. The van der Waals surface area contributed by atoms with E-state index in [0.29, 0.717) is 10.7 Å². The zero-order chi connectivity index (χ0) is 17.7. The second-order valence-corrected chi connectivity index (χ2v) is 6.70. The second-order valence-electron chi connectivity index (χ2n) is 4.40. The number of nitrogens with zero attached hydrogens (tertiary/aromatic N) is 3. The highest BCUT2D eigenvalue weighted by Crippen LogP contribution is 2.18. The zero-order valence-corrected chi connectivity index (χ0v) is 13.5. The lowest BCUT2D eigenvalue weighted by Crippen LogP contribution is -2.15. The van der Waals surface area contributed by atoms with Crippen molar-refractivity contribution in [2.45, 2.75) is 4.90 Å². The van der Waals surface area contributed by atoms with Crippen molar-refractivity contribution < 1.29 is 13.3 Å². The minimum absolute atomic E-state index is 0.126. The summed E-state index contributed by atoms with van der Waals surface area (Å²) in [5.74, 6) is 0. The molecule has 10 heteroatoms. The number of anilines is 1. The van der Waals surface area contributed by atoms with E-state index >= 15 is 0 Å². The zero-order valence-electron chi connectivity index (χ0n) is 11.9. The SMILES string of the molecule is N#C/C(=N\Nc1ccc([N+](=O)[O-])cc1)S(=O)(=O)c1ccc(Cl)cc1. The van der Waals surface area contributed by atoms with Gasteiger partial charge in [-0.25, -0.2) is 8.42 Å². The second kappa shape index (κ2) is 7.08. The molecule has 0 radical (unpaired) electrons. The molecule has 0 amide bonds. The van der Waals surface area contributed by atoms with Gasteiger partial charge in [-0.05, 0) is 36.4 Å². The van der Waals surface area contributed by atoms with Gasteiger partial charge in [0.15, 0.2) is 0 Å². The monoisotopic (exact) mass is 364 g/mol. The van der Waals surface area contributed by atoms with Crippen molar-refractivity contribution in [2.24, 2.45) is 5.10 Å². The van der Waals surface area contributed by atoms with E-state index in [4.69, 9.17) is 16.9 Å². The van der Waals surface area contributed by atoms with Gasteiger partial charge >= 0.3 is 0 Å². The van der Waals surface area contributed by atoms with Crippen molar-refractivity contribution >= 4 is 37.9 Å². The smallest absolute Gasteiger partial charge is 0.269 e. The lowest BCUT2D eigenvalue weighted by atomic mass is 10.3. The highest BCUT2D eigenvalue weighted by atomic mass is 35.5. The first kappa shape index (κ1) is 17.4. The third-order valence-electron chi connectivity index (χ3n) is 2.84. The summed E-state index contributed by atoms with van der Waals surface area (Å²) in [6.45, 7) is 0. The van der Waals surface area contributed by atoms with Gasteiger partial charge < -0.3 is 0 Å². The molecule has 0 heterocycles. The van der Waals surface area contributed by atoms with Gasteiger partial charge in [0.05, 0.1) is 15.5 Å². The molecule has 24 heavy (non-hydrogen) atoms. The van der Waals surface area contributed by atoms with Gasteiger partial charge in [0.2, 0.25) is 9.84 Å².